The zero-order valence-corrected chi connectivity index (χ0v) is 28.3. The van der Waals surface area contributed by atoms with E-state index in [1.807, 2.05) is 56.4 Å². The number of benzene rings is 2. The molecule has 0 radical (unpaired) electrons. The van der Waals surface area contributed by atoms with Crippen molar-refractivity contribution in [3.05, 3.63) is 70.5 Å². The van der Waals surface area contributed by atoms with E-state index in [0.29, 0.717) is 47.9 Å². The number of ether oxygens (including phenoxy) is 1. The molecule has 1 spiro atoms. The van der Waals surface area contributed by atoms with Gasteiger partial charge in [-0.25, -0.2) is 0 Å². The van der Waals surface area contributed by atoms with Crippen LogP contribution in [0.5, 0.6) is 0 Å². The Morgan fingerprint density at radius 1 is 1.26 bits per heavy atom. The minimum Gasteiger partial charge on any atom is -0.432 e. The molecule has 11 nitrogen and oxygen atoms in total. The van der Waals surface area contributed by atoms with Gasteiger partial charge in [0.15, 0.2) is 13.9 Å². The molecule has 2 fully saturated rings. The first-order valence-electron chi connectivity index (χ1n) is 16.1. The molecule has 0 bridgehead atoms. The predicted octanol–water partition coefficient (Wildman–Crippen LogP) is 3.84. The fourth-order valence-corrected chi connectivity index (χ4v) is 10.4. The van der Waals surface area contributed by atoms with E-state index in [9.17, 15) is 19.5 Å². The zero-order valence-electron chi connectivity index (χ0n) is 26.6. The lowest BCUT2D eigenvalue weighted by Crippen LogP contribution is -2.46. The molecule has 246 valence electrons. The Hall–Kier alpha value is -3.13. The molecule has 0 saturated carbocycles. The molecule has 13 heteroatoms. The number of anilines is 2. The standard InChI is InChI=1S/C33H43ClN6O5Si/c1-21-30(46(2,3)44)29(11-14-39-20-26(12-15-41)37-38-39)45-33(21)27-17-24(34)9-10-28(27)40(32(33)43)19-22-6-4-8-25(16-22)36-31(42)23-7-5-13-35-18-23/h4,6,8-10,16-17,20-21,23,29-30,35,41,44H,5,7,11-15,18-19H2,1-3H3,(H,36,42)/t21-,23?,29+,30-,33+/m1/s1. The van der Waals surface area contributed by atoms with Crippen molar-refractivity contribution in [2.75, 3.05) is 29.9 Å². The van der Waals surface area contributed by atoms with E-state index in [1.165, 1.54) is 0 Å². The van der Waals surface area contributed by atoms with Gasteiger partial charge in [-0.1, -0.05) is 35.9 Å². The van der Waals surface area contributed by atoms with Gasteiger partial charge in [-0.3, -0.25) is 14.3 Å². The number of amides is 2. The molecule has 1 unspecified atom stereocenters. The molecule has 2 saturated heterocycles. The number of fused-ring (bicyclic) bond motifs is 2. The van der Waals surface area contributed by atoms with Crippen LogP contribution in [-0.2, 0) is 39.4 Å². The Morgan fingerprint density at radius 3 is 2.83 bits per heavy atom. The summed E-state index contributed by atoms with van der Waals surface area (Å²) in [7, 11) is -2.84. The van der Waals surface area contributed by atoms with Crippen molar-refractivity contribution in [3.63, 3.8) is 0 Å². The van der Waals surface area contributed by atoms with Gasteiger partial charge >= 0.3 is 0 Å². The number of nitrogens with one attached hydrogen (secondary N) is 2. The van der Waals surface area contributed by atoms with Gasteiger partial charge in [0.05, 0.1) is 29.9 Å². The van der Waals surface area contributed by atoms with Crippen LogP contribution in [0.4, 0.5) is 11.4 Å². The van der Waals surface area contributed by atoms with Gasteiger partial charge in [-0.15, -0.1) is 5.10 Å². The Balaban J connectivity index is 1.27. The van der Waals surface area contributed by atoms with E-state index in [1.54, 1.807) is 21.8 Å². The molecule has 3 aliphatic rings. The molecule has 4 N–H and O–H groups in total. The van der Waals surface area contributed by atoms with Gasteiger partial charge in [-0.05, 0) is 74.8 Å². The highest BCUT2D eigenvalue weighted by atomic mass is 35.5. The number of aryl methyl sites for hydroxylation is 1. The second kappa shape index (κ2) is 13.2. The predicted molar refractivity (Wildman–Crippen MR) is 178 cm³/mol. The molecule has 4 heterocycles. The van der Waals surface area contributed by atoms with Crippen molar-refractivity contribution in [2.24, 2.45) is 11.8 Å². The summed E-state index contributed by atoms with van der Waals surface area (Å²) < 4.78 is 8.62. The summed E-state index contributed by atoms with van der Waals surface area (Å²) in [4.78, 5) is 40.9. The highest BCUT2D eigenvalue weighted by Gasteiger charge is 2.66. The third kappa shape index (κ3) is 6.26. The van der Waals surface area contributed by atoms with Gasteiger partial charge in [0.25, 0.3) is 5.91 Å². The molecular weight excluding hydrogens is 624 g/mol. The summed E-state index contributed by atoms with van der Waals surface area (Å²) in [5.41, 5.74) is 2.15. The lowest BCUT2D eigenvalue weighted by Gasteiger charge is -2.32. The summed E-state index contributed by atoms with van der Waals surface area (Å²) >= 11 is 6.55. The highest BCUT2D eigenvalue weighted by molar-refractivity contribution is 6.71. The smallest absolute Gasteiger partial charge is 0.264 e. The van der Waals surface area contributed by atoms with E-state index in [-0.39, 0.29) is 42.3 Å². The molecular formula is C33H43ClN6O5Si. The van der Waals surface area contributed by atoms with E-state index in [4.69, 9.17) is 16.3 Å². The number of hydrogen-bond donors (Lipinski definition) is 4. The summed E-state index contributed by atoms with van der Waals surface area (Å²) in [6, 6.07) is 13.1. The maximum atomic E-state index is 14.7. The number of carbonyl (C=O) groups excluding carboxylic acids is 2. The van der Waals surface area contributed by atoms with Crippen LogP contribution in [-0.4, -0.2) is 70.8 Å². The van der Waals surface area contributed by atoms with E-state index in [0.717, 1.165) is 30.6 Å². The van der Waals surface area contributed by atoms with Gasteiger partial charge < -0.3 is 30.2 Å². The summed E-state index contributed by atoms with van der Waals surface area (Å²) in [5.74, 6) is -0.578. The molecule has 6 rings (SSSR count). The molecule has 2 amide bonds. The molecule has 0 aliphatic carbocycles. The molecule has 46 heavy (non-hydrogen) atoms. The van der Waals surface area contributed by atoms with Crippen molar-refractivity contribution in [1.29, 1.82) is 0 Å². The van der Waals surface area contributed by atoms with Crippen molar-refractivity contribution in [3.8, 4) is 0 Å². The van der Waals surface area contributed by atoms with Gasteiger partial charge in [0.2, 0.25) is 5.91 Å². The molecule has 2 aromatic carbocycles. The summed E-state index contributed by atoms with van der Waals surface area (Å²) in [5, 5.41) is 24.4. The fourth-order valence-electron chi connectivity index (χ4n) is 7.66. The van der Waals surface area contributed by atoms with Gasteiger partial charge in [0, 0.05) is 60.0 Å². The second-order valence-corrected chi connectivity index (χ2v) is 17.8. The van der Waals surface area contributed by atoms with Crippen LogP contribution in [0.15, 0.2) is 48.7 Å². The number of hydrogen-bond acceptors (Lipinski definition) is 8. The normalized spacial score (nSPS) is 26.1. The number of aromatic nitrogens is 3. The van der Waals surface area contributed by atoms with Crippen molar-refractivity contribution in [1.82, 2.24) is 20.3 Å². The molecule has 1 aromatic heterocycles. The maximum absolute atomic E-state index is 14.7. The topological polar surface area (TPSA) is 142 Å². The quantitative estimate of drug-likeness (QED) is 0.239. The number of nitrogens with zero attached hydrogens (tertiary/aromatic N) is 4. The van der Waals surface area contributed by atoms with E-state index >= 15 is 0 Å². The number of aliphatic hydroxyl groups excluding tert-OH is 1. The first kappa shape index (κ1) is 32.8. The third-order valence-corrected chi connectivity index (χ3v) is 12.5. The highest BCUT2D eigenvalue weighted by Crippen LogP contribution is 2.60. The van der Waals surface area contributed by atoms with Gasteiger partial charge in [0.1, 0.15) is 0 Å². The summed E-state index contributed by atoms with van der Waals surface area (Å²) in [6.45, 7) is 8.18. The van der Waals surface area contributed by atoms with Crippen LogP contribution in [0, 0.1) is 11.8 Å². The second-order valence-electron chi connectivity index (χ2n) is 13.4. The van der Waals surface area contributed by atoms with Crippen molar-refractivity contribution >= 4 is 43.1 Å². The minimum absolute atomic E-state index is 0.00268. The Labute approximate surface area is 275 Å². The largest absolute Gasteiger partial charge is 0.432 e. The lowest BCUT2D eigenvalue weighted by molar-refractivity contribution is -0.146. The van der Waals surface area contributed by atoms with E-state index in [2.05, 4.69) is 20.9 Å². The first-order valence-corrected chi connectivity index (χ1v) is 19.5. The molecule has 3 aromatic rings. The number of aliphatic hydroxyl groups is 1. The average molecular weight is 667 g/mol. The van der Waals surface area contributed by atoms with Crippen molar-refractivity contribution < 1.29 is 24.2 Å². The first-order chi connectivity index (χ1) is 22.0. The fraction of sp³-hybridized carbons (Fsp3) is 0.515. The van der Waals surface area contributed by atoms with Crippen LogP contribution in [0.3, 0.4) is 0 Å². The Kier molecular flexibility index (Phi) is 9.39. The number of piperidine rings is 1. The minimum atomic E-state index is -2.84. The SMILES string of the molecule is C[C@@H]1[C@@H]([Si](C)(C)O)[C@H](CCn2cc(CCO)nn2)O[C@@]12C(=O)N(Cc1cccc(NC(=O)C3CCCNC3)c1)c1ccc(Cl)cc12. The zero-order chi connectivity index (χ0) is 32.6. The third-order valence-electron chi connectivity index (χ3n) is 9.75. The van der Waals surface area contributed by atoms with E-state index < -0.39 is 20.0 Å². The van der Waals surface area contributed by atoms with Crippen molar-refractivity contribution in [2.45, 2.75) is 76.0 Å². The maximum Gasteiger partial charge on any atom is 0.264 e. The molecule has 3 aliphatic heterocycles. The average Bonchev–Trinajstić information content (AvgIpc) is 3.67. The number of halogens is 1. The van der Waals surface area contributed by atoms with Crippen LogP contribution in [0.1, 0.15) is 43.0 Å². The summed E-state index contributed by atoms with van der Waals surface area (Å²) in [6.07, 6.45) is 4.19. The van der Waals surface area contributed by atoms with Crippen LogP contribution in [0.25, 0.3) is 0 Å². The Bertz CT molecular complexity index is 1590. The van der Waals surface area contributed by atoms with Crippen LogP contribution >= 0.6 is 11.6 Å². The Morgan fingerprint density at radius 2 is 2.09 bits per heavy atom. The van der Waals surface area contributed by atoms with Crippen LogP contribution in [0.2, 0.25) is 23.7 Å². The number of rotatable bonds is 10. The lowest BCUT2D eigenvalue weighted by atomic mass is 9.82. The number of carbonyl (C=O) groups is 2. The molecule has 5 atom stereocenters. The van der Waals surface area contributed by atoms with Crippen LogP contribution < -0.4 is 15.5 Å². The van der Waals surface area contributed by atoms with Gasteiger partial charge in [-0.2, -0.15) is 0 Å². The monoisotopic (exact) mass is 666 g/mol.